The third kappa shape index (κ3) is 15.7. The van der Waals surface area contributed by atoms with E-state index in [1.54, 1.807) is 0 Å². The Morgan fingerprint density at radius 3 is 1.26 bits per heavy atom. The van der Waals surface area contributed by atoms with Crippen LogP contribution in [0.2, 0.25) is 0 Å². The van der Waals surface area contributed by atoms with E-state index in [1.807, 2.05) is 0 Å². The Morgan fingerprint density at radius 1 is 0.605 bits per heavy atom. The molecule has 0 aliphatic carbocycles. The average Bonchev–Trinajstić information content (AvgIpc) is 2.87. The number of unbranched alkanes of at least 4 members (excludes halogenated alkanes) is 6. The first-order valence-corrected chi connectivity index (χ1v) is 20.0. The molecular weight excluding hydrogens is 718 g/mol. The summed E-state index contributed by atoms with van der Waals surface area (Å²) in [4.78, 5) is 0. The molecule has 0 radical (unpaired) electrons. The molecule has 0 rings (SSSR count). The van der Waals surface area contributed by atoms with Crippen molar-refractivity contribution in [1.82, 2.24) is 0 Å². The summed E-state index contributed by atoms with van der Waals surface area (Å²) in [5.74, 6) is -0.387. The maximum Gasteiger partial charge on any atom is 0.390 e. The molecule has 38 heavy (non-hydrogen) atoms. The van der Waals surface area contributed by atoms with Crippen molar-refractivity contribution in [3.63, 3.8) is 0 Å². The van der Waals surface area contributed by atoms with Crippen molar-refractivity contribution in [3.05, 3.63) is 0 Å². The van der Waals surface area contributed by atoms with Crippen LogP contribution < -0.4 is 0 Å². The Kier molecular flexibility index (Phi) is 22.7. The van der Waals surface area contributed by atoms with Crippen LogP contribution in [0, 0.1) is 0 Å². The lowest BCUT2D eigenvalue weighted by molar-refractivity contribution is 0.103. The van der Waals surface area contributed by atoms with Crippen LogP contribution in [-0.4, -0.2) is 48.1 Å². The highest BCUT2D eigenvalue weighted by atomic mass is 35.5. The van der Waals surface area contributed by atoms with E-state index in [9.17, 15) is 4.57 Å². The van der Waals surface area contributed by atoms with Crippen molar-refractivity contribution in [2.24, 2.45) is 0 Å². The number of hydrogen-bond donors (Lipinski definition) is 0. The summed E-state index contributed by atoms with van der Waals surface area (Å²) in [5.41, 5.74) is 0. The predicted octanol–water partition coefficient (Wildman–Crippen LogP) is 12.9. The molecule has 0 heterocycles. The predicted molar refractivity (Wildman–Crippen MR) is 177 cm³/mol. The van der Waals surface area contributed by atoms with E-state index in [1.165, 1.54) is 0 Å². The quantitative estimate of drug-likeness (QED) is 0.0558. The topological polar surface area (TPSA) is 35.5 Å². The maximum absolute atomic E-state index is 14.7. The molecule has 0 spiro atoms. The van der Waals surface area contributed by atoms with E-state index in [0.717, 1.165) is 69.2 Å². The van der Waals surface area contributed by atoms with E-state index in [2.05, 4.69) is 20.8 Å². The number of rotatable bonds is 24. The molecule has 0 aliphatic heterocycles. The van der Waals surface area contributed by atoms with Gasteiger partial charge in [0, 0.05) is 0 Å². The zero-order chi connectivity index (χ0) is 29.5. The molecule has 0 fully saturated rings. The number of alkyl halides is 9. The molecule has 230 valence electrons. The molecule has 3 unspecified atom stereocenters. The lowest BCUT2D eigenvalue weighted by Crippen LogP contribution is -2.38. The lowest BCUT2D eigenvalue weighted by atomic mass is 10.1. The van der Waals surface area contributed by atoms with Crippen molar-refractivity contribution >= 4 is 123 Å². The summed E-state index contributed by atoms with van der Waals surface area (Å²) in [6.07, 6.45) is 7.43. The van der Waals surface area contributed by atoms with Crippen LogP contribution in [0.4, 0.5) is 0 Å². The minimum absolute atomic E-state index is 0.0903. The standard InChI is InChI=1S/C24H42Cl9O3PS/c1-4-7-10-13-19(22(28,29)16-25)35-37(34,36-20(14-11-8-5-2)23(30,31)17-26)38-21(15-12-9-6-3)24(32,33)18-27/h19-21H,4-18H2,1-3H3. The highest BCUT2D eigenvalue weighted by Gasteiger charge is 2.49. The van der Waals surface area contributed by atoms with Gasteiger partial charge < -0.3 is 0 Å². The first-order chi connectivity index (χ1) is 17.7. The second-order valence-corrected chi connectivity index (χ2v) is 18.9. The molecule has 3 atom stereocenters. The Bertz CT molecular complexity index is 588. The molecule has 0 bridgehead atoms. The Balaban J connectivity index is 6.48. The van der Waals surface area contributed by atoms with Crippen molar-refractivity contribution in [2.75, 3.05) is 17.6 Å². The van der Waals surface area contributed by atoms with Gasteiger partial charge in [0.1, 0.15) is 16.5 Å². The molecule has 0 saturated heterocycles. The minimum Gasteiger partial charge on any atom is -0.294 e. The fraction of sp³-hybridized carbons (Fsp3) is 1.00. The van der Waals surface area contributed by atoms with E-state index in [-0.39, 0.29) is 17.6 Å². The second-order valence-electron chi connectivity index (χ2n) is 9.40. The highest BCUT2D eigenvalue weighted by Crippen LogP contribution is 2.68. The van der Waals surface area contributed by atoms with Gasteiger partial charge in [0.25, 0.3) is 0 Å². The lowest BCUT2D eigenvalue weighted by Gasteiger charge is -2.37. The SMILES string of the molecule is CCCCCC(OP(=O)(OC(CCCCC)C(Cl)(Cl)CCl)SC(CCCCC)C(Cl)(Cl)CCl)C(Cl)(Cl)CCl. The molecule has 0 saturated carbocycles. The first kappa shape index (κ1) is 41.1. The van der Waals surface area contributed by atoms with Crippen LogP contribution >= 0.6 is 123 Å². The van der Waals surface area contributed by atoms with Crippen molar-refractivity contribution in [3.8, 4) is 0 Å². The van der Waals surface area contributed by atoms with E-state index in [4.69, 9.17) is 113 Å². The van der Waals surface area contributed by atoms with Gasteiger partial charge in [-0.2, -0.15) is 0 Å². The summed E-state index contributed by atoms with van der Waals surface area (Å²) < 4.78 is 22.6. The van der Waals surface area contributed by atoms with Crippen LogP contribution in [0.3, 0.4) is 0 Å². The van der Waals surface area contributed by atoms with E-state index < -0.39 is 37.3 Å². The van der Waals surface area contributed by atoms with Crippen LogP contribution in [0.15, 0.2) is 0 Å². The smallest absolute Gasteiger partial charge is 0.294 e. The summed E-state index contributed by atoms with van der Waals surface area (Å²) >= 11 is 58.7. The zero-order valence-corrected chi connectivity index (χ0v) is 30.8. The first-order valence-electron chi connectivity index (χ1n) is 13.1. The molecule has 0 aromatic heterocycles. The van der Waals surface area contributed by atoms with Gasteiger partial charge in [-0.05, 0) is 30.6 Å². The van der Waals surface area contributed by atoms with Gasteiger partial charge in [-0.3, -0.25) is 9.05 Å². The average molecular weight is 761 g/mol. The molecule has 3 nitrogen and oxygen atoms in total. The van der Waals surface area contributed by atoms with E-state index >= 15 is 0 Å². The largest absolute Gasteiger partial charge is 0.390 e. The highest BCUT2D eigenvalue weighted by molar-refractivity contribution is 8.55. The van der Waals surface area contributed by atoms with Gasteiger partial charge in [0.2, 0.25) is 0 Å². The molecule has 0 aromatic carbocycles. The van der Waals surface area contributed by atoms with Crippen molar-refractivity contribution < 1.29 is 13.6 Å². The maximum atomic E-state index is 14.7. The second kappa shape index (κ2) is 21.0. The third-order valence-electron chi connectivity index (χ3n) is 5.93. The molecule has 14 heteroatoms. The van der Waals surface area contributed by atoms with Gasteiger partial charge in [-0.15, -0.1) is 34.8 Å². The summed E-state index contributed by atoms with van der Waals surface area (Å²) in [7, 11) is 0. The summed E-state index contributed by atoms with van der Waals surface area (Å²) in [6.45, 7) is 2.08. The van der Waals surface area contributed by atoms with Crippen LogP contribution in [0.25, 0.3) is 0 Å². The normalized spacial score (nSPS) is 17.3. The van der Waals surface area contributed by atoms with Gasteiger partial charge in [0.15, 0.2) is 8.67 Å². The fourth-order valence-corrected chi connectivity index (χ4v) is 10.8. The Labute approximate surface area is 279 Å². The minimum atomic E-state index is -4.13. The monoisotopic (exact) mass is 756 g/mol. The Hall–Kier alpha value is 3.11. The number of halogens is 9. The van der Waals surface area contributed by atoms with Crippen molar-refractivity contribution in [1.29, 1.82) is 0 Å². The van der Waals surface area contributed by atoms with E-state index in [0.29, 0.717) is 19.3 Å². The van der Waals surface area contributed by atoms with Gasteiger partial charge in [0.05, 0.1) is 22.9 Å². The number of hydrogen-bond acceptors (Lipinski definition) is 4. The van der Waals surface area contributed by atoms with Gasteiger partial charge in [-0.25, -0.2) is 4.57 Å². The van der Waals surface area contributed by atoms with Crippen LogP contribution in [0.5, 0.6) is 0 Å². The molecule has 0 aliphatic rings. The fourth-order valence-electron chi connectivity index (χ4n) is 3.56. The van der Waals surface area contributed by atoms with Crippen LogP contribution in [-0.2, 0) is 13.6 Å². The summed E-state index contributed by atoms with van der Waals surface area (Å²) in [6, 6.07) is 0. The molecule has 0 aromatic rings. The van der Waals surface area contributed by atoms with Crippen molar-refractivity contribution in [2.45, 2.75) is 128 Å². The van der Waals surface area contributed by atoms with Gasteiger partial charge in [-0.1, -0.05) is 148 Å². The molecule has 0 amide bonds. The summed E-state index contributed by atoms with van der Waals surface area (Å²) in [5, 5.41) is -0.597. The third-order valence-corrected chi connectivity index (χ3v) is 14.8. The molecule has 0 N–H and O–H groups in total. The Morgan fingerprint density at radius 2 is 0.947 bits per heavy atom. The van der Waals surface area contributed by atoms with Gasteiger partial charge >= 0.3 is 6.80 Å². The molecular formula is C24H42Cl9O3PS. The van der Waals surface area contributed by atoms with Crippen LogP contribution in [0.1, 0.15) is 97.8 Å². The zero-order valence-electron chi connectivity index (χ0n) is 22.3.